The van der Waals surface area contributed by atoms with Crippen molar-refractivity contribution in [1.82, 2.24) is 9.36 Å². The second-order valence-electron chi connectivity index (χ2n) is 4.88. The zero-order chi connectivity index (χ0) is 11.8. The first kappa shape index (κ1) is 11.3. The summed E-state index contributed by atoms with van der Waals surface area (Å²) in [6.45, 7) is 3.85. The summed E-state index contributed by atoms with van der Waals surface area (Å²) in [5.74, 6) is 1.18. The Morgan fingerprint density at radius 1 is 1.62 bits per heavy atom. The maximum Gasteiger partial charge on any atom is 0.219 e. The van der Waals surface area contributed by atoms with Crippen molar-refractivity contribution in [3.8, 4) is 0 Å². The molecule has 88 valence electrons. The fourth-order valence-electron chi connectivity index (χ4n) is 1.56. The lowest BCUT2D eigenvalue weighted by molar-refractivity contribution is -0.118. The molecule has 0 unspecified atom stereocenters. The summed E-state index contributed by atoms with van der Waals surface area (Å²) in [4.78, 5) is 15.3. The van der Waals surface area contributed by atoms with Gasteiger partial charge in [-0.05, 0) is 26.7 Å². The topological polar surface area (TPSA) is 80.9 Å². The average molecular weight is 240 g/mol. The van der Waals surface area contributed by atoms with Gasteiger partial charge in [-0.25, -0.2) is 4.98 Å². The van der Waals surface area contributed by atoms with E-state index in [1.165, 1.54) is 24.4 Å². The number of nitrogens with one attached hydrogen (secondary N) is 1. The van der Waals surface area contributed by atoms with Gasteiger partial charge in [-0.3, -0.25) is 4.79 Å². The van der Waals surface area contributed by atoms with Crippen molar-refractivity contribution in [2.24, 2.45) is 5.73 Å². The van der Waals surface area contributed by atoms with E-state index < -0.39 is 0 Å². The molecule has 0 saturated heterocycles. The highest BCUT2D eigenvalue weighted by Gasteiger charge is 2.29. The molecule has 2 rings (SSSR count). The zero-order valence-electron chi connectivity index (χ0n) is 9.49. The minimum Gasteiger partial charge on any atom is -0.370 e. The van der Waals surface area contributed by atoms with Crippen LogP contribution in [0.25, 0.3) is 0 Å². The van der Waals surface area contributed by atoms with Gasteiger partial charge < -0.3 is 11.1 Å². The molecular weight excluding hydrogens is 224 g/mol. The molecule has 0 bridgehead atoms. The van der Waals surface area contributed by atoms with Gasteiger partial charge in [0.25, 0.3) is 0 Å². The van der Waals surface area contributed by atoms with E-state index in [4.69, 9.17) is 5.73 Å². The summed E-state index contributed by atoms with van der Waals surface area (Å²) in [6.07, 6.45) is 2.67. The van der Waals surface area contributed by atoms with Crippen LogP contribution in [0, 0.1) is 0 Å². The van der Waals surface area contributed by atoms with Crippen molar-refractivity contribution < 1.29 is 4.79 Å². The number of carbonyl (C=O) groups excluding carboxylic acids is 1. The van der Waals surface area contributed by atoms with Gasteiger partial charge in [0, 0.05) is 29.4 Å². The summed E-state index contributed by atoms with van der Waals surface area (Å²) in [6, 6.07) is 0. The molecule has 0 aromatic carbocycles. The molecule has 1 amide bonds. The van der Waals surface area contributed by atoms with Crippen molar-refractivity contribution in [3.05, 3.63) is 5.82 Å². The predicted octanol–water partition coefficient (Wildman–Crippen LogP) is 1.48. The Balaban J connectivity index is 1.98. The number of hydrogen-bond donors (Lipinski definition) is 2. The molecule has 3 N–H and O–H groups in total. The molecular formula is C10H16N4OS. The Labute approximate surface area is 98.6 Å². The number of aromatic nitrogens is 2. The lowest BCUT2D eigenvalue weighted by Crippen LogP contribution is -2.35. The fourth-order valence-corrected chi connectivity index (χ4v) is 2.39. The number of anilines is 1. The van der Waals surface area contributed by atoms with Crippen LogP contribution < -0.4 is 11.1 Å². The number of primary amides is 1. The Hall–Kier alpha value is -1.17. The van der Waals surface area contributed by atoms with Crippen LogP contribution in [0.3, 0.4) is 0 Å². The summed E-state index contributed by atoms with van der Waals surface area (Å²) in [5.41, 5.74) is 4.82. The van der Waals surface area contributed by atoms with Gasteiger partial charge in [0.05, 0.1) is 0 Å². The molecule has 1 heterocycles. The molecule has 0 spiro atoms. The second kappa shape index (κ2) is 4.01. The Morgan fingerprint density at radius 3 is 2.88 bits per heavy atom. The molecule has 0 radical (unpaired) electrons. The van der Waals surface area contributed by atoms with Crippen LogP contribution in [0.1, 0.15) is 44.9 Å². The van der Waals surface area contributed by atoms with Gasteiger partial charge in [0.2, 0.25) is 11.0 Å². The molecule has 1 fully saturated rings. The minimum absolute atomic E-state index is 0.283. The molecule has 1 aliphatic rings. The largest absolute Gasteiger partial charge is 0.370 e. The Bertz CT molecular complexity index is 397. The molecule has 16 heavy (non-hydrogen) atoms. The monoisotopic (exact) mass is 240 g/mol. The summed E-state index contributed by atoms with van der Waals surface area (Å²) in [7, 11) is 0. The number of amides is 1. The number of hydrogen-bond acceptors (Lipinski definition) is 5. The minimum atomic E-state index is -0.369. The first-order valence-electron chi connectivity index (χ1n) is 5.36. The lowest BCUT2D eigenvalue weighted by Gasteiger charge is -2.23. The maximum atomic E-state index is 10.9. The van der Waals surface area contributed by atoms with Crippen LogP contribution in [0.2, 0.25) is 0 Å². The summed E-state index contributed by atoms with van der Waals surface area (Å²) < 4.78 is 4.29. The van der Waals surface area contributed by atoms with E-state index >= 15 is 0 Å². The maximum absolute atomic E-state index is 10.9. The summed E-state index contributed by atoms with van der Waals surface area (Å²) in [5, 5.41) is 3.97. The molecule has 5 nitrogen and oxygen atoms in total. The van der Waals surface area contributed by atoms with E-state index in [0.717, 1.165) is 11.0 Å². The van der Waals surface area contributed by atoms with E-state index in [1.54, 1.807) is 0 Å². The van der Waals surface area contributed by atoms with Crippen LogP contribution in [0.15, 0.2) is 0 Å². The average Bonchev–Trinajstić information content (AvgIpc) is 2.86. The van der Waals surface area contributed by atoms with Gasteiger partial charge in [-0.2, -0.15) is 4.37 Å². The number of rotatable bonds is 5. The van der Waals surface area contributed by atoms with Gasteiger partial charge in [0.15, 0.2) is 0 Å². The molecule has 1 aliphatic carbocycles. The van der Waals surface area contributed by atoms with Crippen molar-refractivity contribution in [2.75, 3.05) is 5.32 Å². The first-order valence-corrected chi connectivity index (χ1v) is 6.14. The second-order valence-corrected chi connectivity index (χ2v) is 5.64. The molecule has 0 atom stereocenters. The van der Waals surface area contributed by atoms with E-state index in [9.17, 15) is 4.79 Å². The SMILES string of the molecule is CC(C)(CC(N)=O)Nc1nc(C2CC2)ns1. The van der Waals surface area contributed by atoms with Crippen molar-refractivity contribution in [1.29, 1.82) is 0 Å². The van der Waals surface area contributed by atoms with Crippen LogP contribution in [-0.2, 0) is 4.79 Å². The molecule has 1 saturated carbocycles. The fraction of sp³-hybridized carbons (Fsp3) is 0.700. The van der Waals surface area contributed by atoms with E-state index in [-0.39, 0.29) is 17.9 Å². The Kier molecular flexibility index (Phi) is 2.84. The van der Waals surface area contributed by atoms with Crippen LogP contribution >= 0.6 is 11.5 Å². The first-order chi connectivity index (χ1) is 7.46. The normalized spacial score (nSPS) is 16.1. The third kappa shape index (κ3) is 2.91. The lowest BCUT2D eigenvalue weighted by atomic mass is 10.0. The highest BCUT2D eigenvalue weighted by atomic mass is 32.1. The highest BCUT2D eigenvalue weighted by Crippen LogP contribution is 2.39. The highest BCUT2D eigenvalue weighted by molar-refractivity contribution is 7.09. The van der Waals surface area contributed by atoms with Crippen LogP contribution in [-0.4, -0.2) is 20.8 Å². The van der Waals surface area contributed by atoms with Crippen LogP contribution in [0.5, 0.6) is 0 Å². The van der Waals surface area contributed by atoms with Crippen LogP contribution in [0.4, 0.5) is 5.13 Å². The smallest absolute Gasteiger partial charge is 0.219 e. The molecule has 1 aromatic heterocycles. The van der Waals surface area contributed by atoms with Gasteiger partial charge >= 0.3 is 0 Å². The zero-order valence-corrected chi connectivity index (χ0v) is 10.3. The van der Waals surface area contributed by atoms with E-state index in [0.29, 0.717) is 5.92 Å². The van der Waals surface area contributed by atoms with Crippen molar-refractivity contribution in [3.63, 3.8) is 0 Å². The number of nitrogens with zero attached hydrogens (tertiary/aromatic N) is 2. The van der Waals surface area contributed by atoms with Gasteiger partial charge in [0.1, 0.15) is 5.82 Å². The third-order valence-electron chi connectivity index (χ3n) is 2.45. The van der Waals surface area contributed by atoms with Gasteiger partial charge in [-0.15, -0.1) is 0 Å². The van der Waals surface area contributed by atoms with E-state index in [1.807, 2.05) is 13.8 Å². The molecule has 0 aliphatic heterocycles. The summed E-state index contributed by atoms with van der Waals surface area (Å²) >= 11 is 1.35. The van der Waals surface area contributed by atoms with Crippen molar-refractivity contribution >= 4 is 22.6 Å². The molecule has 6 heteroatoms. The standard InChI is InChI=1S/C10H16N4OS/c1-10(2,5-7(11)15)13-9-12-8(14-16-9)6-3-4-6/h6H,3-5H2,1-2H3,(H2,11,15)(H,12,13,14). The quantitative estimate of drug-likeness (QED) is 0.817. The number of nitrogens with two attached hydrogens (primary N) is 1. The van der Waals surface area contributed by atoms with Gasteiger partial charge in [-0.1, -0.05) is 0 Å². The number of carbonyl (C=O) groups is 1. The predicted molar refractivity (Wildman–Crippen MR) is 63.4 cm³/mol. The molecule has 1 aromatic rings. The Morgan fingerprint density at radius 2 is 2.31 bits per heavy atom. The third-order valence-corrected chi connectivity index (χ3v) is 3.09. The van der Waals surface area contributed by atoms with E-state index in [2.05, 4.69) is 14.7 Å². The van der Waals surface area contributed by atoms with Crippen molar-refractivity contribution in [2.45, 2.75) is 44.6 Å².